The molecule has 0 aromatic heterocycles. The maximum atomic E-state index is 9.68. The van der Waals surface area contributed by atoms with E-state index in [0.717, 1.165) is 26.1 Å². The largest absolute Gasteiger partial charge is 0.389 e. The Kier molecular flexibility index (Phi) is 4.35. The first-order chi connectivity index (χ1) is 6.53. The van der Waals surface area contributed by atoms with Crippen LogP contribution in [0.15, 0.2) is 0 Å². The molecule has 0 aromatic rings. The Bertz CT molecular complexity index is 167. The highest BCUT2D eigenvalue weighted by Crippen LogP contribution is 2.14. The molecule has 1 aliphatic heterocycles. The van der Waals surface area contributed by atoms with E-state index in [1.54, 1.807) is 0 Å². The first-order valence-electron chi connectivity index (χ1n) is 5.58. The first-order valence-corrected chi connectivity index (χ1v) is 5.58. The summed E-state index contributed by atoms with van der Waals surface area (Å²) in [6, 6.07) is 0. The predicted molar refractivity (Wildman–Crippen MR) is 57.4 cm³/mol. The van der Waals surface area contributed by atoms with Crippen molar-refractivity contribution in [1.82, 2.24) is 4.90 Å². The Morgan fingerprint density at radius 2 is 2.07 bits per heavy atom. The fraction of sp³-hybridized carbons (Fsp3) is 1.00. The molecule has 0 bridgehead atoms. The zero-order chi connectivity index (χ0) is 10.6. The lowest BCUT2D eigenvalue weighted by atomic mass is 10.1. The van der Waals surface area contributed by atoms with Gasteiger partial charge in [0, 0.05) is 6.54 Å². The Labute approximate surface area is 87.1 Å². The minimum atomic E-state index is -0.332. The lowest BCUT2D eigenvalue weighted by Gasteiger charge is -2.33. The highest BCUT2D eigenvalue weighted by atomic mass is 16.5. The molecule has 0 radical (unpaired) electrons. The molecule has 0 amide bonds. The minimum absolute atomic E-state index is 0.101. The Morgan fingerprint density at radius 3 is 2.50 bits per heavy atom. The van der Waals surface area contributed by atoms with Gasteiger partial charge in [-0.1, -0.05) is 6.92 Å². The van der Waals surface area contributed by atoms with Crippen molar-refractivity contribution in [3.05, 3.63) is 0 Å². The van der Waals surface area contributed by atoms with Crippen LogP contribution in [0.3, 0.4) is 0 Å². The molecule has 0 saturated carbocycles. The van der Waals surface area contributed by atoms with E-state index in [9.17, 15) is 5.11 Å². The molecule has 0 aromatic carbocycles. The first kappa shape index (κ1) is 12.0. The second-order valence-corrected chi connectivity index (χ2v) is 4.73. The zero-order valence-corrected chi connectivity index (χ0v) is 9.62. The molecule has 14 heavy (non-hydrogen) atoms. The normalized spacial score (nSPS) is 20.6. The van der Waals surface area contributed by atoms with E-state index < -0.39 is 0 Å². The molecular weight excluding hydrogens is 178 g/mol. The standard InChI is InChI=1S/C11H23NO2/c1-4-11(2,3)14-9-10(13)8-12-6-5-7-12/h10,13H,4-9H2,1-3H3/t10-/m0/s1. The summed E-state index contributed by atoms with van der Waals surface area (Å²) in [5, 5.41) is 9.68. The van der Waals surface area contributed by atoms with Crippen LogP contribution in [0.1, 0.15) is 33.6 Å². The average molecular weight is 201 g/mol. The second kappa shape index (κ2) is 5.10. The minimum Gasteiger partial charge on any atom is -0.389 e. The van der Waals surface area contributed by atoms with Gasteiger partial charge < -0.3 is 14.7 Å². The summed E-state index contributed by atoms with van der Waals surface area (Å²) in [5.41, 5.74) is -0.101. The third kappa shape index (κ3) is 3.95. The van der Waals surface area contributed by atoms with Crippen LogP contribution in [0, 0.1) is 0 Å². The van der Waals surface area contributed by atoms with Gasteiger partial charge in [0.2, 0.25) is 0 Å². The smallest absolute Gasteiger partial charge is 0.0900 e. The third-order valence-corrected chi connectivity index (χ3v) is 2.94. The Morgan fingerprint density at radius 1 is 1.43 bits per heavy atom. The van der Waals surface area contributed by atoms with Gasteiger partial charge in [-0.15, -0.1) is 0 Å². The van der Waals surface area contributed by atoms with E-state index in [0.29, 0.717) is 6.61 Å². The quantitative estimate of drug-likeness (QED) is 0.702. The maximum absolute atomic E-state index is 9.68. The molecule has 1 aliphatic rings. The lowest BCUT2D eigenvalue weighted by Crippen LogP contribution is -2.44. The lowest BCUT2D eigenvalue weighted by molar-refractivity contribution is -0.0705. The molecule has 0 unspecified atom stereocenters. The van der Waals surface area contributed by atoms with Crippen LogP contribution in [0.25, 0.3) is 0 Å². The van der Waals surface area contributed by atoms with Gasteiger partial charge in [0.25, 0.3) is 0 Å². The topological polar surface area (TPSA) is 32.7 Å². The summed E-state index contributed by atoms with van der Waals surface area (Å²) in [6.45, 7) is 9.70. The van der Waals surface area contributed by atoms with Gasteiger partial charge in [-0.2, -0.15) is 0 Å². The van der Waals surface area contributed by atoms with Crippen LogP contribution in [-0.2, 0) is 4.74 Å². The summed E-state index contributed by atoms with van der Waals surface area (Å²) < 4.78 is 5.63. The Balaban J connectivity index is 2.10. The van der Waals surface area contributed by atoms with Crippen molar-refractivity contribution in [2.45, 2.75) is 45.3 Å². The van der Waals surface area contributed by atoms with Crippen molar-refractivity contribution in [2.24, 2.45) is 0 Å². The van der Waals surface area contributed by atoms with Gasteiger partial charge in [-0.25, -0.2) is 0 Å². The number of likely N-dealkylation sites (tertiary alicyclic amines) is 1. The monoisotopic (exact) mass is 201 g/mol. The number of nitrogens with zero attached hydrogens (tertiary/aromatic N) is 1. The number of ether oxygens (including phenoxy) is 1. The number of hydrogen-bond acceptors (Lipinski definition) is 3. The summed E-state index contributed by atoms with van der Waals surface area (Å²) >= 11 is 0. The van der Waals surface area contributed by atoms with E-state index in [4.69, 9.17) is 4.74 Å². The van der Waals surface area contributed by atoms with E-state index >= 15 is 0 Å². The second-order valence-electron chi connectivity index (χ2n) is 4.73. The van der Waals surface area contributed by atoms with E-state index in [1.807, 2.05) is 0 Å². The summed E-state index contributed by atoms with van der Waals surface area (Å²) in [7, 11) is 0. The number of rotatable bonds is 6. The third-order valence-electron chi connectivity index (χ3n) is 2.94. The fourth-order valence-corrected chi connectivity index (χ4v) is 1.34. The van der Waals surface area contributed by atoms with Crippen molar-refractivity contribution in [2.75, 3.05) is 26.2 Å². The van der Waals surface area contributed by atoms with Crippen molar-refractivity contribution in [3.8, 4) is 0 Å². The molecule has 3 heteroatoms. The average Bonchev–Trinajstić information content (AvgIpc) is 2.08. The summed E-state index contributed by atoms with van der Waals surface area (Å²) in [5.74, 6) is 0. The molecule has 0 aliphatic carbocycles. The van der Waals surface area contributed by atoms with Crippen LogP contribution in [0.2, 0.25) is 0 Å². The zero-order valence-electron chi connectivity index (χ0n) is 9.62. The molecule has 0 spiro atoms. The molecule has 84 valence electrons. The van der Waals surface area contributed by atoms with Gasteiger partial charge in [-0.05, 0) is 39.8 Å². The SMILES string of the molecule is CCC(C)(C)OC[C@@H](O)CN1CCC1. The predicted octanol–water partition coefficient (Wildman–Crippen LogP) is 1.26. The van der Waals surface area contributed by atoms with E-state index in [2.05, 4.69) is 25.7 Å². The fourth-order valence-electron chi connectivity index (χ4n) is 1.34. The van der Waals surface area contributed by atoms with Gasteiger partial charge in [0.15, 0.2) is 0 Å². The number of hydrogen-bond donors (Lipinski definition) is 1. The van der Waals surface area contributed by atoms with Crippen LogP contribution in [0.5, 0.6) is 0 Å². The number of β-amino-alcohol motifs (C(OH)–C–C–N with tert-alkyl or cyclic N) is 1. The van der Waals surface area contributed by atoms with E-state index in [-0.39, 0.29) is 11.7 Å². The highest BCUT2D eigenvalue weighted by Gasteiger charge is 2.21. The van der Waals surface area contributed by atoms with Crippen molar-refractivity contribution < 1.29 is 9.84 Å². The molecule has 1 N–H and O–H groups in total. The van der Waals surface area contributed by atoms with Crippen LogP contribution >= 0.6 is 0 Å². The van der Waals surface area contributed by atoms with Gasteiger partial charge >= 0.3 is 0 Å². The van der Waals surface area contributed by atoms with Crippen LogP contribution in [-0.4, -0.2) is 48.0 Å². The van der Waals surface area contributed by atoms with Crippen LogP contribution < -0.4 is 0 Å². The van der Waals surface area contributed by atoms with Gasteiger partial charge in [0.05, 0.1) is 18.3 Å². The number of aliphatic hydroxyl groups is 1. The molecule has 1 fully saturated rings. The van der Waals surface area contributed by atoms with Crippen molar-refractivity contribution in [1.29, 1.82) is 0 Å². The summed E-state index contributed by atoms with van der Waals surface area (Å²) in [4.78, 5) is 2.26. The Hall–Kier alpha value is -0.120. The molecular formula is C11H23NO2. The molecule has 1 rings (SSSR count). The maximum Gasteiger partial charge on any atom is 0.0900 e. The van der Waals surface area contributed by atoms with E-state index in [1.165, 1.54) is 6.42 Å². The van der Waals surface area contributed by atoms with Gasteiger partial charge in [-0.3, -0.25) is 0 Å². The number of aliphatic hydroxyl groups excluding tert-OH is 1. The van der Waals surface area contributed by atoms with Crippen molar-refractivity contribution >= 4 is 0 Å². The highest BCUT2D eigenvalue weighted by molar-refractivity contribution is 4.73. The molecule has 1 atom stereocenters. The van der Waals surface area contributed by atoms with Crippen LogP contribution in [0.4, 0.5) is 0 Å². The van der Waals surface area contributed by atoms with Crippen molar-refractivity contribution in [3.63, 3.8) is 0 Å². The molecule has 1 saturated heterocycles. The molecule has 1 heterocycles. The van der Waals surface area contributed by atoms with Gasteiger partial charge in [0.1, 0.15) is 0 Å². The molecule has 3 nitrogen and oxygen atoms in total. The summed E-state index contributed by atoms with van der Waals surface area (Å²) in [6.07, 6.45) is 1.92.